The second-order valence-electron chi connectivity index (χ2n) is 8.67. The molecule has 0 unspecified atom stereocenters. The Morgan fingerprint density at radius 2 is 1.88 bits per heavy atom. The van der Waals surface area contributed by atoms with Crippen LogP contribution in [0.25, 0.3) is 11.1 Å². The summed E-state index contributed by atoms with van der Waals surface area (Å²) in [6, 6.07) is 8.46. The van der Waals surface area contributed by atoms with Crippen LogP contribution in [0.2, 0.25) is 0 Å². The number of amides is 1. The highest BCUT2D eigenvalue weighted by Crippen LogP contribution is 2.44. The molecule has 1 aliphatic heterocycles. The van der Waals surface area contributed by atoms with Gasteiger partial charge in [-0.2, -0.15) is 0 Å². The highest BCUT2D eigenvalue weighted by Gasteiger charge is 2.29. The monoisotopic (exact) mass is 490 g/mol. The molecule has 34 heavy (non-hydrogen) atoms. The number of benzene rings is 2. The first-order valence-electron chi connectivity index (χ1n) is 11.7. The van der Waals surface area contributed by atoms with E-state index < -0.39 is 21.7 Å². The molecular formula is C25H34N2O6S. The summed E-state index contributed by atoms with van der Waals surface area (Å²) in [6.07, 6.45) is 2.84. The van der Waals surface area contributed by atoms with Crippen LogP contribution in [0.15, 0.2) is 35.2 Å². The number of ether oxygens (including phenoxy) is 1. The lowest BCUT2D eigenvalue weighted by molar-refractivity contribution is -0.119. The van der Waals surface area contributed by atoms with Gasteiger partial charge in [-0.15, -0.1) is 0 Å². The summed E-state index contributed by atoms with van der Waals surface area (Å²) in [6.45, 7) is 6.88. The van der Waals surface area contributed by atoms with Gasteiger partial charge in [0.15, 0.2) is 0 Å². The van der Waals surface area contributed by atoms with E-state index in [2.05, 4.69) is 4.72 Å². The Morgan fingerprint density at radius 3 is 2.56 bits per heavy atom. The fourth-order valence-electron chi connectivity index (χ4n) is 4.16. The van der Waals surface area contributed by atoms with Crippen molar-refractivity contribution in [2.24, 2.45) is 0 Å². The second-order valence-corrected chi connectivity index (χ2v) is 10.3. The summed E-state index contributed by atoms with van der Waals surface area (Å²) in [4.78, 5) is 14.2. The Morgan fingerprint density at radius 1 is 1.15 bits per heavy atom. The molecule has 1 heterocycles. The van der Waals surface area contributed by atoms with Crippen LogP contribution in [0.1, 0.15) is 43.7 Å². The highest BCUT2D eigenvalue weighted by atomic mass is 32.2. The summed E-state index contributed by atoms with van der Waals surface area (Å²) in [7, 11) is -4.37. The zero-order valence-electron chi connectivity index (χ0n) is 19.8. The summed E-state index contributed by atoms with van der Waals surface area (Å²) in [5.41, 5.74) is 1.70. The average Bonchev–Trinajstić information content (AvgIpc) is 2.78. The number of hydrogen-bond acceptors (Lipinski definition) is 7. The molecule has 9 heteroatoms. The van der Waals surface area contributed by atoms with Gasteiger partial charge in [-0.3, -0.25) is 9.69 Å². The number of unbranched alkanes of at least 4 members (excludes halogenated alkanes) is 2. The maximum atomic E-state index is 13.3. The van der Waals surface area contributed by atoms with Gasteiger partial charge in [-0.1, -0.05) is 49.6 Å². The largest absolute Gasteiger partial charge is 0.507 e. The van der Waals surface area contributed by atoms with Crippen molar-refractivity contribution in [3.05, 3.63) is 41.5 Å². The highest BCUT2D eigenvalue weighted by molar-refractivity contribution is 7.90. The van der Waals surface area contributed by atoms with Gasteiger partial charge in [0.2, 0.25) is 5.91 Å². The van der Waals surface area contributed by atoms with Crippen molar-refractivity contribution in [3.8, 4) is 22.6 Å². The van der Waals surface area contributed by atoms with Crippen LogP contribution in [0, 0.1) is 6.92 Å². The molecule has 1 amide bonds. The summed E-state index contributed by atoms with van der Waals surface area (Å²) < 4.78 is 34.1. The van der Waals surface area contributed by atoms with Gasteiger partial charge in [0.05, 0.1) is 18.8 Å². The van der Waals surface area contributed by atoms with Crippen molar-refractivity contribution >= 4 is 15.9 Å². The number of carbonyl (C=O) groups is 1. The molecule has 2 aromatic carbocycles. The van der Waals surface area contributed by atoms with Gasteiger partial charge >= 0.3 is 0 Å². The number of phenols is 2. The molecule has 2 aromatic rings. The number of carbonyl (C=O) groups excluding carboxylic acids is 1. The maximum Gasteiger partial charge on any atom is 0.268 e. The van der Waals surface area contributed by atoms with Crippen molar-refractivity contribution in [3.63, 3.8) is 0 Å². The maximum absolute atomic E-state index is 13.3. The first kappa shape index (κ1) is 26.0. The van der Waals surface area contributed by atoms with Crippen LogP contribution >= 0.6 is 0 Å². The lowest BCUT2D eigenvalue weighted by Crippen LogP contribution is -2.39. The summed E-state index contributed by atoms with van der Waals surface area (Å²) in [5.74, 6) is -1.40. The smallest absolute Gasteiger partial charge is 0.268 e. The minimum atomic E-state index is -4.37. The van der Waals surface area contributed by atoms with E-state index in [1.54, 1.807) is 18.2 Å². The number of nitrogens with one attached hydrogen (secondary N) is 1. The SMILES string of the molecule is CCCCCc1cc(O)c(-c2cccc(C)c2)c(O)c1S(=O)(=O)NC(=O)CCN1CCOCC1. The van der Waals surface area contributed by atoms with Crippen LogP contribution in [-0.4, -0.2) is 62.3 Å². The number of aromatic hydroxyl groups is 2. The van der Waals surface area contributed by atoms with E-state index in [1.165, 1.54) is 6.07 Å². The van der Waals surface area contributed by atoms with Crippen LogP contribution in [0.5, 0.6) is 11.5 Å². The van der Waals surface area contributed by atoms with Crippen molar-refractivity contribution < 1.29 is 28.2 Å². The molecule has 0 spiro atoms. The molecule has 1 saturated heterocycles. The van der Waals surface area contributed by atoms with Crippen molar-refractivity contribution in [2.75, 3.05) is 32.8 Å². The minimum Gasteiger partial charge on any atom is -0.507 e. The average molecular weight is 491 g/mol. The third kappa shape index (κ3) is 6.49. The van der Waals surface area contributed by atoms with Crippen molar-refractivity contribution in [1.29, 1.82) is 0 Å². The lowest BCUT2D eigenvalue weighted by atomic mass is 9.97. The van der Waals surface area contributed by atoms with Gasteiger partial charge in [0.25, 0.3) is 10.0 Å². The van der Waals surface area contributed by atoms with Crippen molar-refractivity contribution in [2.45, 2.75) is 50.8 Å². The Labute approximate surface area is 201 Å². The minimum absolute atomic E-state index is 0.00792. The van der Waals surface area contributed by atoms with Crippen LogP contribution < -0.4 is 4.72 Å². The van der Waals surface area contributed by atoms with Gasteiger partial charge < -0.3 is 14.9 Å². The zero-order valence-corrected chi connectivity index (χ0v) is 20.7. The van der Waals surface area contributed by atoms with E-state index in [0.717, 1.165) is 18.4 Å². The normalized spacial score (nSPS) is 14.8. The first-order valence-corrected chi connectivity index (χ1v) is 13.2. The molecule has 186 valence electrons. The Kier molecular flexibility index (Phi) is 8.93. The van der Waals surface area contributed by atoms with Crippen LogP contribution in [-0.2, 0) is 26.0 Å². The van der Waals surface area contributed by atoms with Crippen LogP contribution in [0.4, 0.5) is 0 Å². The molecule has 0 saturated carbocycles. The van der Waals surface area contributed by atoms with Gasteiger partial charge in [-0.05, 0) is 37.0 Å². The standard InChI is InChI=1S/C25H34N2O6S/c1-3-4-5-8-20-17-21(28)23(19-9-6-7-18(2)16-19)24(30)25(20)34(31,32)26-22(29)10-11-27-12-14-33-15-13-27/h6-7,9,16-17,28,30H,3-5,8,10-15H2,1-2H3,(H,26,29). The third-order valence-electron chi connectivity index (χ3n) is 5.94. The molecule has 0 atom stereocenters. The molecule has 8 nitrogen and oxygen atoms in total. The van der Waals surface area contributed by atoms with Gasteiger partial charge in [-0.25, -0.2) is 13.1 Å². The molecule has 3 rings (SSSR count). The summed E-state index contributed by atoms with van der Waals surface area (Å²) in [5, 5.41) is 21.8. The number of hydrogen-bond donors (Lipinski definition) is 3. The van der Waals surface area contributed by atoms with E-state index in [9.17, 15) is 23.4 Å². The quantitative estimate of drug-likeness (QED) is 0.438. The lowest BCUT2D eigenvalue weighted by Gasteiger charge is -2.26. The Bertz CT molecular complexity index is 1110. The van der Waals surface area contributed by atoms with E-state index in [1.807, 2.05) is 24.8 Å². The van der Waals surface area contributed by atoms with Crippen molar-refractivity contribution in [1.82, 2.24) is 9.62 Å². The first-order chi connectivity index (χ1) is 16.2. The fourth-order valence-corrected chi connectivity index (χ4v) is 5.53. The molecule has 0 radical (unpaired) electrons. The zero-order chi connectivity index (χ0) is 24.7. The van der Waals surface area contributed by atoms with Gasteiger partial charge in [0.1, 0.15) is 16.4 Å². The molecular weight excluding hydrogens is 456 g/mol. The van der Waals surface area contributed by atoms with E-state index in [-0.39, 0.29) is 28.2 Å². The Hall–Kier alpha value is -2.62. The molecule has 0 aliphatic carbocycles. The predicted molar refractivity (Wildman–Crippen MR) is 130 cm³/mol. The van der Waals surface area contributed by atoms with Crippen LogP contribution in [0.3, 0.4) is 0 Å². The van der Waals surface area contributed by atoms with E-state index in [4.69, 9.17) is 4.74 Å². The van der Waals surface area contributed by atoms with E-state index >= 15 is 0 Å². The number of phenolic OH excluding ortho intramolecular Hbond substituents is 2. The number of nitrogens with zero attached hydrogens (tertiary/aromatic N) is 1. The Balaban J connectivity index is 1.93. The van der Waals surface area contributed by atoms with E-state index in [0.29, 0.717) is 51.3 Å². The second kappa shape index (κ2) is 11.7. The molecule has 0 bridgehead atoms. The molecule has 1 fully saturated rings. The van der Waals surface area contributed by atoms with Gasteiger partial charge in [0, 0.05) is 26.1 Å². The number of sulfonamides is 1. The fraction of sp³-hybridized carbons (Fsp3) is 0.480. The number of rotatable bonds is 10. The number of aryl methyl sites for hydroxylation is 2. The third-order valence-corrected chi connectivity index (χ3v) is 7.43. The molecule has 3 N–H and O–H groups in total. The molecule has 0 aromatic heterocycles. The predicted octanol–water partition coefficient (Wildman–Crippen LogP) is 3.33. The molecule has 1 aliphatic rings. The summed E-state index contributed by atoms with van der Waals surface area (Å²) >= 11 is 0. The topological polar surface area (TPSA) is 116 Å². The number of morpholine rings is 1.